The Bertz CT molecular complexity index is 2790. The van der Waals surface area contributed by atoms with Crippen molar-refractivity contribution in [3.8, 4) is 16.8 Å². The molecule has 0 spiro atoms. The van der Waals surface area contributed by atoms with Gasteiger partial charge in [-0.2, -0.15) is 0 Å². The van der Waals surface area contributed by atoms with Gasteiger partial charge >= 0.3 is 0 Å². The molecule has 0 aliphatic heterocycles. The minimum absolute atomic E-state index is 0.0385. The first kappa shape index (κ1) is 33.0. The van der Waals surface area contributed by atoms with Crippen LogP contribution in [0.4, 0.5) is 17.1 Å². The SMILES string of the molecule is CC(C)(C)c1ccc(N(c2ccc3c4ccccc4n(-c4ccccc4)c3c2)c2cccc3c2-c2ccccc2C3(c2ccccc2)c2ccccc2)cc1. The van der Waals surface area contributed by atoms with Crippen LogP contribution < -0.4 is 4.90 Å². The molecule has 0 amide bonds. The van der Waals surface area contributed by atoms with Crippen LogP contribution in [0.5, 0.6) is 0 Å². The normalized spacial score (nSPS) is 13.1. The second kappa shape index (κ2) is 12.7. The van der Waals surface area contributed by atoms with E-state index in [9.17, 15) is 0 Å². The minimum atomic E-state index is -0.490. The van der Waals surface area contributed by atoms with E-state index in [1.807, 2.05) is 0 Å². The van der Waals surface area contributed by atoms with Crippen molar-refractivity contribution < 1.29 is 0 Å². The third kappa shape index (κ3) is 5.09. The maximum Gasteiger partial charge on any atom is 0.0714 e. The minimum Gasteiger partial charge on any atom is -0.310 e. The highest BCUT2D eigenvalue weighted by Gasteiger charge is 2.47. The van der Waals surface area contributed by atoms with E-state index in [0.29, 0.717) is 0 Å². The number of nitrogens with zero attached hydrogens (tertiary/aromatic N) is 2. The van der Waals surface area contributed by atoms with Gasteiger partial charge in [-0.1, -0.05) is 172 Å². The maximum absolute atomic E-state index is 2.49. The highest BCUT2D eigenvalue weighted by molar-refractivity contribution is 6.10. The van der Waals surface area contributed by atoms with Crippen LogP contribution in [-0.2, 0) is 10.8 Å². The maximum atomic E-state index is 2.49. The molecule has 2 heteroatoms. The Morgan fingerprint density at radius 2 is 1.02 bits per heavy atom. The molecule has 0 N–H and O–H groups in total. The predicted molar refractivity (Wildman–Crippen MR) is 231 cm³/mol. The van der Waals surface area contributed by atoms with Gasteiger partial charge in [-0.25, -0.2) is 0 Å². The standard InChI is InChI=1S/C53H42N2/c1-52(2,3)37-30-32-41(33-31-37)54(42-34-35-44-43-24-14-16-28-48(43)55(50(44)36-42)40-22-11-6-12-23-40)49-29-17-27-47-51(49)45-25-13-15-26-46(45)53(47,38-18-7-4-8-19-38)39-20-9-5-10-21-39/h4-36H,1-3H3. The van der Waals surface area contributed by atoms with Crippen molar-refractivity contribution in [1.82, 2.24) is 4.57 Å². The fourth-order valence-electron chi connectivity index (χ4n) is 9.15. The molecular formula is C53H42N2. The van der Waals surface area contributed by atoms with Crippen LogP contribution in [0.25, 0.3) is 38.6 Å². The topological polar surface area (TPSA) is 8.17 Å². The first-order valence-corrected chi connectivity index (χ1v) is 19.3. The molecule has 0 radical (unpaired) electrons. The Morgan fingerprint density at radius 1 is 0.455 bits per heavy atom. The fourth-order valence-corrected chi connectivity index (χ4v) is 9.15. The van der Waals surface area contributed by atoms with Gasteiger partial charge in [-0.05, 0) is 87.3 Å². The second-order valence-electron chi connectivity index (χ2n) is 15.7. The highest BCUT2D eigenvalue weighted by Crippen LogP contribution is 2.59. The van der Waals surface area contributed by atoms with E-state index in [0.717, 1.165) is 22.7 Å². The molecule has 1 aliphatic carbocycles. The van der Waals surface area contributed by atoms with Crippen molar-refractivity contribution in [2.75, 3.05) is 4.90 Å². The van der Waals surface area contributed by atoms with Gasteiger partial charge in [0.1, 0.15) is 0 Å². The lowest BCUT2D eigenvalue weighted by atomic mass is 9.68. The largest absolute Gasteiger partial charge is 0.310 e. The molecule has 2 nitrogen and oxygen atoms in total. The van der Waals surface area contributed by atoms with Gasteiger partial charge in [0.05, 0.1) is 22.1 Å². The van der Waals surface area contributed by atoms with Crippen molar-refractivity contribution in [3.05, 3.63) is 228 Å². The third-order valence-corrected chi connectivity index (χ3v) is 11.6. The summed E-state index contributed by atoms with van der Waals surface area (Å²) in [6, 6.07) is 73.9. The fraction of sp³-hybridized carbons (Fsp3) is 0.0943. The van der Waals surface area contributed by atoms with Crippen LogP contribution >= 0.6 is 0 Å². The number of aromatic nitrogens is 1. The summed E-state index contributed by atoms with van der Waals surface area (Å²) in [7, 11) is 0. The molecule has 10 rings (SSSR count). The third-order valence-electron chi connectivity index (χ3n) is 11.6. The molecule has 55 heavy (non-hydrogen) atoms. The number of anilines is 3. The number of benzene rings is 8. The summed E-state index contributed by atoms with van der Waals surface area (Å²) >= 11 is 0. The van der Waals surface area contributed by atoms with Gasteiger partial charge in [0.25, 0.3) is 0 Å². The molecule has 0 bridgehead atoms. The molecule has 1 aliphatic rings. The average molecular weight is 707 g/mol. The molecule has 264 valence electrons. The molecule has 0 fully saturated rings. The van der Waals surface area contributed by atoms with Crippen LogP contribution in [-0.4, -0.2) is 4.57 Å². The molecule has 8 aromatic carbocycles. The van der Waals surface area contributed by atoms with Gasteiger partial charge in [0.15, 0.2) is 0 Å². The highest BCUT2D eigenvalue weighted by atomic mass is 15.1. The van der Waals surface area contributed by atoms with E-state index in [4.69, 9.17) is 0 Å². The zero-order valence-electron chi connectivity index (χ0n) is 31.4. The van der Waals surface area contributed by atoms with E-state index >= 15 is 0 Å². The number of fused-ring (bicyclic) bond motifs is 6. The Morgan fingerprint density at radius 3 is 1.71 bits per heavy atom. The average Bonchev–Trinajstić information content (AvgIpc) is 3.73. The van der Waals surface area contributed by atoms with Crippen molar-refractivity contribution >= 4 is 38.9 Å². The summed E-state index contributed by atoms with van der Waals surface area (Å²) in [5, 5.41) is 2.49. The number of hydrogen-bond acceptors (Lipinski definition) is 1. The summed E-state index contributed by atoms with van der Waals surface area (Å²) in [6.45, 7) is 6.84. The van der Waals surface area contributed by atoms with E-state index < -0.39 is 5.41 Å². The Kier molecular flexibility index (Phi) is 7.64. The Hall–Kier alpha value is -6.64. The molecule has 1 aromatic heterocycles. The monoisotopic (exact) mass is 706 g/mol. The molecule has 9 aromatic rings. The smallest absolute Gasteiger partial charge is 0.0714 e. The van der Waals surface area contributed by atoms with Crippen molar-refractivity contribution in [2.45, 2.75) is 31.6 Å². The van der Waals surface area contributed by atoms with Crippen LogP contribution in [0.3, 0.4) is 0 Å². The Balaban J connectivity index is 1.29. The van der Waals surface area contributed by atoms with Gasteiger partial charge in [-0.15, -0.1) is 0 Å². The van der Waals surface area contributed by atoms with Gasteiger partial charge in [-0.3, -0.25) is 0 Å². The summed E-state index contributed by atoms with van der Waals surface area (Å²) in [6.07, 6.45) is 0. The summed E-state index contributed by atoms with van der Waals surface area (Å²) in [5.41, 5.74) is 15.4. The predicted octanol–water partition coefficient (Wildman–Crippen LogP) is 13.9. The van der Waals surface area contributed by atoms with Crippen LogP contribution in [0.15, 0.2) is 200 Å². The molecular weight excluding hydrogens is 665 g/mol. The first-order chi connectivity index (χ1) is 26.9. The van der Waals surface area contributed by atoms with Crippen LogP contribution in [0.2, 0.25) is 0 Å². The van der Waals surface area contributed by atoms with Crippen molar-refractivity contribution in [1.29, 1.82) is 0 Å². The van der Waals surface area contributed by atoms with Crippen molar-refractivity contribution in [3.63, 3.8) is 0 Å². The number of para-hydroxylation sites is 2. The Labute approximate surface area is 323 Å². The summed E-state index contributed by atoms with van der Waals surface area (Å²) in [5.74, 6) is 0. The van der Waals surface area contributed by atoms with E-state index in [-0.39, 0.29) is 5.41 Å². The van der Waals surface area contributed by atoms with Crippen LogP contribution in [0.1, 0.15) is 48.6 Å². The second-order valence-corrected chi connectivity index (χ2v) is 15.7. The lowest BCUT2D eigenvalue weighted by Gasteiger charge is -2.34. The first-order valence-electron chi connectivity index (χ1n) is 19.3. The lowest BCUT2D eigenvalue weighted by Crippen LogP contribution is -2.28. The van der Waals surface area contributed by atoms with Crippen LogP contribution in [0, 0.1) is 0 Å². The van der Waals surface area contributed by atoms with Crippen molar-refractivity contribution in [2.24, 2.45) is 0 Å². The van der Waals surface area contributed by atoms with E-state index in [1.54, 1.807) is 0 Å². The molecule has 0 saturated heterocycles. The van der Waals surface area contributed by atoms with Gasteiger partial charge < -0.3 is 9.47 Å². The zero-order chi connectivity index (χ0) is 37.1. The number of hydrogen-bond donors (Lipinski definition) is 0. The molecule has 0 atom stereocenters. The molecule has 0 saturated carbocycles. The lowest BCUT2D eigenvalue weighted by molar-refractivity contribution is 0.590. The van der Waals surface area contributed by atoms with E-state index in [2.05, 4.69) is 230 Å². The van der Waals surface area contributed by atoms with Gasteiger partial charge in [0.2, 0.25) is 0 Å². The number of rotatable bonds is 6. The van der Waals surface area contributed by atoms with E-state index in [1.165, 1.54) is 60.8 Å². The van der Waals surface area contributed by atoms with Gasteiger partial charge in [0, 0.05) is 33.4 Å². The molecule has 1 heterocycles. The zero-order valence-corrected chi connectivity index (χ0v) is 31.4. The molecule has 0 unspecified atom stereocenters. The quantitative estimate of drug-likeness (QED) is 0.167. The summed E-state index contributed by atoms with van der Waals surface area (Å²) in [4.78, 5) is 2.49. The summed E-state index contributed by atoms with van der Waals surface area (Å²) < 4.78 is 2.41.